The second-order valence-electron chi connectivity index (χ2n) is 5.00. The summed E-state index contributed by atoms with van der Waals surface area (Å²) in [7, 11) is 0. The minimum absolute atomic E-state index is 0.0393. The van der Waals surface area contributed by atoms with E-state index in [1.165, 1.54) is 5.56 Å². The van der Waals surface area contributed by atoms with Crippen LogP contribution in [0.3, 0.4) is 0 Å². The van der Waals surface area contributed by atoms with Crippen molar-refractivity contribution in [1.29, 1.82) is 0 Å². The Kier molecular flexibility index (Phi) is 4.46. The van der Waals surface area contributed by atoms with Crippen molar-refractivity contribution < 1.29 is 4.79 Å². The summed E-state index contributed by atoms with van der Waals surface area (Å²) in [5, 5.41) is 0.409. The molecular formula is C17H18ClNO. The summed E-state index contributed by atoms with van der Waals surface area (Å²) in [5.74, 6) is 0.465. The Hall–Kier alpha value is -1.80. The maximum absolute atomic E-state index is 12.4. The summed E-state index contributed by atoms with van der Waals surface area (Å²) in [5.41, 5.74) is 8.60. The van der Waals surface area contributed by atoms with Crippen LogP contribution in [0.1, 0.15) is 47.7 Å². The summed E-state index contributed by atoms with van der Waals surface area (Å²) < 4.78 is 0. The highest BCUT2D eigenvalue weighted by atomic mass is 35.5. The zero-order valence-corrected chi connectivity index (χ0v) is 12.4. The maximum atomic E-state index is 12.4. The molecule has 0 aliphatic rings. The Morgan fingerprint density at radius 2 is 1.75 bits per heavy atom. The van der Waals surface area contributed by atoms with E-state index in [0.29, 0.717) is 27.8 Å². The van der Waals surface area contributed by atoms with Crippen LogP contribution in [0.15, 0.2) is 42.5 Å². The van der Waals surface area contributed by atoms with Crippen molar-refractivity contribution in [3.63, 3.8) is 0 Å². The number of benzene rings is 2. The summed E-state index contributed by atoms with van der Waals surface area (Å²) in [6.45, 7) is 4.33. The summed E-state index contributed by atoms with van der Waals surface area (Å²) in [4.78, 5) is 12.4. The number of anilines is 1. The van der Waals surface area contributed by atoms with Crippen molar-refractivity contribution in [2.75, 3.05) is 5.73 Å². The first-order valence-electron chi connectivity index (χ1n) is 6.72. The number of carbonyl (C=O) groups is 1. The maximum Gasteiger partial charge on any atom is 0.193 e. The van der Waals surface area contributed by atoms with E-state index in [-0.39, 0.29) is 5.78 Å². The summed E-state index contributed by atoms with van der Waals surface area (Å²) in [6.07, 6.45) is 1.08. The quantitative estimate of drug-likeness (QED) is 0.656. The molecule has 0 aromatic heterocycles. The van der Waals surface area contributed by atoms with E-state index in [0.717, 1.165) is 6.42 Å². The second kappa shape index (κ2) is 6.10. The number of ketones is 1. The van der Waals surface area contributed by atoms with Crippen LogP contribution in [0.5, 0.6) is 0 Å². The van der Waals surface area contributed by atoms with E-state index in [1.54, 1.807) is 18.2 Å². The van der Waals surface area contributed by atoms with E-state index in [4.69, 9.17) is 17.3 Å². The fourth-order valence-corrected chi connectivity index (χ4v) is 2.21. The van der Waals surface area contributed by atoms with Gasteiger partial charge >= 0.3 is 0 Å². The first-order valence-corrected chi connectivity index (χ1v) is 7.10. The van der Waals surface area contributed by atoms with Gasteiger partial charge in [0.2, 0.25) is 0 Å². The molecule has 3 heteroatoms. The first-order chi connectivity index (χ1) is 9.52. The molecule has 2 nitrogen and oxygen atoms in total. The molecule has 0 radical (unpaired) electrons. The van der Waals surface area contributed by atoms with Crippen molar-refractivity contribution in [2.24, 2.45) is 0 Å². The number of carbonyl (C=O) groups excluding carboxylic acids is 1. The van der Waals surface area contributed by atoms with Crippen LogP contribution in [-0.2, 0) is 0 Å². The van der Waals surface area contributed by atoms with Crippen LogP contribution in [0.4, 0.5) is 5.69 Å². The van der Waals surface area contributed by atoms with Gasteiger partial charge in [-0.1, -0.05) is 49.7 Å². The van der Waals surface area contributed by atoms with E-state index in [2.05, 4.69) is 13.8 Å². The van der Waals surface area contributed by atoms with Gasteiger partial charge in [-0.15, -0.1) is 0 Å². The van der Waals surface area contributed by atoms with Crippen LogP contribution in [-0.4, -0.2) is 5.78 Å². The Labute approximate surface area is 124 Å². The second-order valence-corrected chi connectivity index (χ2v) is 5.40. The molecular weight excluding hydrogens is 270 g/mol. The molecule has 2 aromatic carbocycles. The molecule has 2 rings (SSSR count). The molecule has 0 saturated heterocycles. The van der Waals surface area contributed by atoms with Gasteiger partial charge < -0.3 is 5.73 Å². The minimum atomic E-state index is -0.0393. The molecule has 104 valence electrons. The molecule has 0 amide bonds. The zero-order chi connectivity index (χ0) is 14.7. The monoisotopic (exact) mass is 287 g/mol. The average molecular weight is 288 g/mol. The molecule has 0 fully saturated rings. The number of halogens is 1. The van der Waals surface area contributed by atoms with E-state index in [9.17, 15) is 4.79 Å². The summed E-state index contributed by atoms with van der Waals surface area (Å²) >= 11 is 5.95. The molecule has 20 heavy (non-hydrogen) atoms. The van der Waals surface area contributed by atoms with Crippen LogP contribution >= 0.6 is 11.6 Å². The number of hydrogen-bond donors (Lipinski definition) is 1. The molecule has 1 atom stereocenters. The Morgan fingerprint density at radius 1 is 1.15 bits per heavy atom. The molecule has 0 heterocycles. The molecule has 0 aliphatic carbocycles. The van der Waals surface area contributed by atoms with Gasteiger partial charge in [0, 0.05) is 11.1 Å². The molecule has 2 aromatic rings. The SMILES string of the molecule is CCC(C)c1ccc(C(=O)c2ccc(N)c(Cl)c2)cc1. The van der Waals surface area contributed by atoms with Crippen molar-refractivity contribution in [3.05, 3.63) is 64.2 Å². The lowest BCUT2D eigenvalue weighted by Crippen LogP contribution is -2.02. The molecule has 2 N–H and O–H groups in total. The highest BCUT2D eigenvalue weighted by Crippen LogP contribution is 2.23. The van der Waals surface area contributed by atoms with E-state index in [1.807, 2.05) is 24.3 Å². The zero-order valence-electron chi connectivity index (χ0n) is 11.7. The highest BCUT2D eigenvalue weighted by Gasteiger charge is 2.11. The highest BCUT2D eigenvalue weighted by molar-refractivity contribution is 6.33. The Bertz CT molecular complexity index is 619. The lowest BCUT2D eigenvalue weighted by Gasteiger charge is -2.09. The number of rotatable bonds is 4. The fourth-order valence-electron chi connectivity index (χ4n) is 2.03. The number of hydrogen-bond acceptors (Lipinski definition) is 2. The van der Waals surface area contributed by atoms with Crippen LogP contribution in [0.25, 0.3) is 0 Å². The van der Waals surface area contributed by atoms with Crippen LogP contribution < -0.4 is 5.73 Å². The van der Waals surface area contributed by atoms with Gasteiger partial charge in [-0.3, -0.25) is 4.79 Å². The average Bonchev–Trinajstić information content (AvgIpc) is 2.48. The van der Waals surface area contributed by atoms with Gasteiger partial charge in [0.25, 0.3) is 0 Å². The van der Waals surface area contributed by atoms with Crippen molar-refractivity contribution in [1.82, 2.24) is 0 Å². The predicted octanol–water partition coefficient (Wildman–Crippen LogP) is 4.67. The lowest BCUT2D eigenvalue weighted by atomic mass is 9.95. The van der Waals surface area contributed by atoms with E-state index >= 15 is 0 Å². The van der Waals surface area contributed by atoms with Crippen molar-refractivity contribution in [3.8, 4) is 0 Å². The smallest absolute Gasteiger partial charge is 0.193 e. The fraction of sp³-hybridized carbons (Fsp3) is 0.235. The molecule has 0 aliphatic heterocycles. The van der Waals surface area contributed by atoms with Crippen LogP contribution in [0, 0.1) is 0 Å². The lowest BCUT2D eigenvalue weighted by molar-refractivity contribution is 0.103. The first kappa shape index (κ1) is 14.6. The van der Waals surface area contributed by atoms with Crippen molar-refractivity contribution in [2.45, 2.75) is 26.2 Å². The standard InChI is InChI=1S/C17H18ClNO/c1-3-11(2)12-4-6-13(7-5-12)17(20)14-8-9-16(19)15(18)10-14/h4-11H,3,19H2,1-2H3. The third-order valence-corrected chi connectivity index (χ3v) is 3.94. The summed E-state index contributed by atoms with van der Waals surface area (Å²) in [6, 6.07) is 12.7. The van der Waals surface area contributed by atoms with Crippen LogP contribution in [0.2, 0.25) is 5.02 Å². The Balaban J connectivity index is 2.27. The third-order valence-electron chi connectivity index (χ3n) is 3.62. The normalized spacial score (nSPS) is 12.2. The van der Waals surface area contributed by atoms with Gasteiger partial charge in [-0.05, 0) is 36.1 Å². The largest absolute Gasteiger partial charge is 0.398 e. The van der Waals surface area contributed by atoms with E-state index < -0.39 is 0 Å². The van der Waals surface area contributed by atoms with Crippen molar-refractivity contribution >= 4 is 23.1 Å². The predicted molar refractivity (Wildman–Crippen MR) is 84.4 cm³/mol. The Morgan fingerprint density at radius 3 is 2.30 bits per heavy atom. The van der Waals surface area contributed by atoms with Gasteiger partial charge in [-0.2, -0.15) is 0 Å². The minimum Gasteiger partial charge on any atom is -0.398 e. The molecule has 1 unspecified atom stereocenters. The van der Waals surface area contributed by atoms with Gasteiger partial charge in [0.15, 0.2) is 5.78 Å². The van der Waals surface area contributed by atoms with Gasteiger partial charge in [0.05, 0.1) is 10.7 Å². The molecule has 0 spiro atoms. The topological polar surface area (TPSA) is 43.1 Å². The van der Waals surface area contributed by atoms with Gasteiger partial charge in [0.1, 0.15) is 0 Å². The molecule has 0 bridgehead atoms. The van der Waals surface area contributed by atoms with Gasteiger partial charge in [-0.25, -0.2) is 0 Å². The number of nitrogen functional groups attached to an aromatic ring is 1. The molecule has 0 saturated carbocycles. The third kappa shape index (κ3) is 3.02. The number of nitrogens with two attached hydrogens (primary N) is 1.